The Hall–Kier alpha value is -1.60. The maximum absolute atomic E-state index is 5.84. The molecule has 0 saturated carbocycles. The van der Waals surface area contributed by atoms with Gasteiger partial charge in [0, 0.05) is 34.5 Å². The van der Waals surface area contributed by atoms with Gasteiger partial charge in [-0.05, 0) is 73.0 Å². The summed E-state index contributed by atoms with van der Waals surface area (Å²) in [5.41, 5.74) is 1.76. The fraction of sp³-hybridized carbons (Fsp3) is 0.125. The number of anilines is 2. The lowest BCUT2D eigenvalue weighted by Crippen LogP contribution is -2.38. The maximum Gasteiger partial charge on any atom is 0.170 e. The number of halogens is 2. The minimum absolute atomic E-state index is 0.538. The number of hydrogen-bond acceptors (Lipinski definition) is 2. The van der Waals surface area contributed by atoms with E-state index >= 15 is 0 Å². The maximum atomic E-state index is 5.84. The van der Waals surface area contributed by atoms with Gasteiger partial charge in [0.2, 0.25) is 0 Å². The van der Waals surface area contributed by atoms with Gasteiger partial charge in [-0.15, -0.1) is 0 Å². The van der Waals surface area contributed by atoms with Crippen molar-refractivity contribution in [3.05, 3.63) is 58.6 Å². The molecule has 4 nitrogen and oxygen atoms in total. The zero-order valence-electron chi connectivity index (χ0n) is 12.6. The molecule has 0 aliphatic heterocycles. The van der Waals surface area contributed by atoms with Crippen molar-refractivity contribution in [2.24, 2.45) is 0 Å². The van der Waals surface area contributed by atoms with E-state index in [4.69, 9.17) is 47.6 Å². The fourth-order valence-electron chi connectivity index (χ4n) is 1.77. The van der Waals surface area contributed by atoms with Crippen LogP contribution >= 0.6 is 47.6 Å². The van der Waals surface area contributed by atoms with E-state index in [0.29, 0.717) is 33.4 Å². The van der Waals surface area contributed by atoms with Crippen molar-refractivity contribution >= 4 is 69.2 Å². The summed E-state index contributed by atoms with van der Waals surface area (Å²) in [6.45, 7) is 1.25. The van der Waals surface area contributed by atoms with E-state index in [9.17, 15) is 0 Å². The summed E-state index contributed by atoms with van der Waals surface area (Å²) in [6, 6.07) is 14.6. The van der Waals surface area contributed by atoms with Gasteiger partial charge in [-0.25, -0.2) is 0 Å². The van der Waals surface area contributed by atoms with Crippen LogP contribution in [0.5, 0.6) is 0 Å². The second-order valence-corrected chi connectivity index (χ2v) is 6.46. The molecule has 0 atom stereocenters. The Balaban J connectivity index is 1.63. The highest BCUT2D eigenvalue weighted by molar-refractivity contribution is 7.80. The molecule has 0 aromatic heterocycles. The molecule has 8 heteroatoms. The smallest absolute Gasteiger partial charge is 0.170 e. The number of rotatable bonds is 5. The molecular formula is C16H16Cl2N4S2. The summed E-state index contributed by atoms with van der Waals surface area (Å²) >= 11 is 22.1. The monoisotopic (exact) mass is 398 g/mol. The Morgan fingerprint density at radius 2 is 1.00 bits per heavy atom. The van der Waals surface area contributed by atoms with Crippen molar-refractivity contribution in [2.45, 2.75) is 0 Å². The number of thiocarbonyl (C=S) groups is 2. The van der Waals surface area contributed by atoms with Gasteiger partial charge in [-0.2, -0.15) is 0 Å². The first-order valence-electron chi connectivity index (χ1n) is 7.14. The van der Waals surface area contributed by atoms with E-state index in [0.717, 1.165) is 11.4 Å². The number of benzene rings is 2. The lowest BCUT2D eigenvalue weighted by molar-refractivity contribution is 0.821. The highest BCUT2D eigenvalue weighted by atomic mass is 35.5. The van der Waals surface area contributed by atoms with Gasteiger partial charge in [0.1, 0.15) is 0 Å². The van der Waals surface area contributed by atoms with E-state index in [-0.39, 0.29) is 0 Å². The molecular weight excluding hydrogens is 383 g/mol. The normalized spacial score (nSPS) is 9.92. The lowest BCUT2D eigenvalue weighted by atomic mass is 10.3. The van der Waals surface area contributed by atoms with Gasteiger partial charge >= 0.3 is 0 Å². The fourth-order valence-corrected chi connectivity index (χ4v) is 2.46. The van der Waals surface area contributed by atoms with Crippen LogP contribution in [-0.2, 0) is 0 Å². The molecule has 2 aromatic rings. The van der Waals surface area contributed by atoms with Gasteiger partial charge in [0.15, 0.2) is 10.2 Å². The van der Waals surface area contributed by atoms with E-state index in [1.165, 1.54) is 0 Å². The minimum atomic E-state index is 0.538. The molecule has 126 valence electrons. The van der Waals surface area contributed by atoms with E-state index in [1.54, 1.807) is 24.3 Å². The van der Waals surface area contributed by atoms with Crippen LogP contribution < -0.4 is 21.3 Å². The Morgan fingerprint density at radius 3 is 1.33 bits per heavy atom. The van der Waals surface area contributed by atoms with Gasteiger partial charge in [-0.3, -0.25) is 0 Å². The van der Waals surface area contributed by atoms with Crippen LogP contribution in [0, 0.1) is 0 Å². The van der Waals surface area contributed by atoms with Crippen LogP contribution in [-0.4, -0.2) is 23.3 Å². The first-order chi connectivity index (χ1) is 11.5. The predicted octanol–water partition coefficient (Wildman–Crippen LogP) is 4.27. The second kappa shape index (κ2) is 9.64. The molecule has 0 aliphatic carbocycles. The largest absolute Gasteiger partial charge is 0.361 e. The summed E-state index contributed by atoms with van der Waals surface area (Å²) in [5, 5.41) is 14.8. The summed E-state index contributed by atoms with van der Waals surface area (Å²) < 4.78 is 0. The van der Waals surface area contributed by atoms with Crippen molar-refractivity contribution < 1.29 is 0 Å². The summed E-state index contributed by atoms with van der Waals surface area (Å²) in [4.78, 5) is 0. The van der Waals surface area contributed by atoms with Crippen molar-refractivity contribution in [2.75, 3.05) is 23.7 Å². The Labute approximate surface area is 161 Å². The van der Waals surface area contributed by atoms with Crippen molar-refractivity contribution in [3.8, 4) is 0 Å². The Kier molecular flexibility index (Phi) is 7.52. The standard InChI is InChI=1S/C16H16Cl2N4S2/c17-11-1-5-13(6-2-11)21-15(23)19-9-10-20-16(24)22-14-7-3-12(18)4-8-14/h1-8H,9-10H2,(H2,19,21,23)(H2,20,22,24). The van der Waals surface area contributed by atoms with Gasteiger partial charge < -0.3 is 21.3 Å². The molecule has 2 aromatic carbocycles. The highest BCUT2D eigenvalue weighted by Gasteiger charge is 1.99. The van der Waals surface area contributed by atoms with Crippen LogP contribution in [0.15, 0.2) is 48.5 Å². The van der Waals surface area contributed by atoms with Gasteiger partial charge in [0.05, 0.1) is 0 Å². The Morgan fingerprint density at radius 1 is 0.667 bits per heavy atom. The van der Waals surface area contributed by atoms with Gasteiger partial charge in [0.25, 0.3) is 0 Å². The van der Waals surface area contributed by atoms with Crippen LogP contribution in [0.4, 0.5) is 11.4 Å². The third-order valence-corrected chi connectivity index (χ3v) is 3.90. The van der Waals surface area contributed by atoms with Crippen LogP contribution in [0.1, 0.15) is 0 Å². The van der Waals surface area contributed by atoms with Crippen molar-refractivity contribution in [1.82, 2.24) is 10.6 Å². The average molecular weight is 399 g/mol. The summed E-state index contributed by atoms with van der Waals surface area (Å²) in [5.74, 6) is 0. The van der Waals surface area contributed by atoms with Crippen LogP contribution in [0.3, 0.4) is 0 Å². The molecule has 4 N–H and O–H groups in total. The third kappa shape index (κ3) is 6.88. The molecule has 0 unspecified atom stereocenters. The zero-order chi connectivity index (χ0) is 17.4. The molecule has 0 saturated heterocycles. The lowest BCUT2D eigenvalue weighted by Gasteiger charge is -2.13. The summed E-state index contributed by atoms with van der Waals surface area (Å²) in [6.07, 6.45) is 0. The van der Waals surface area contributed by atoms with Crippen LogP contribution in [0.25, 0.3) is 0 Å². The van der Waals surface area contributed by atoms with Crippen LogP contribution in [0.2, 0.25) is 10.0 Å². The first kappa shape index (κ1) is 18.7. The Bertz CT molecular complexity index is 629. The molecule has 24 heavy (non-hydrogen) atoms. The zero-order valence-corrected chi connectivity index (χ0v) is 15.8. The molecule has 0 amide bonds. The topological polar surface area (TPSA) is 48.1 Å². The second-order valence-electron chi connectivity index (χ2n) is 4.78. The SMILES string of the molecule is S=C(NCCNC(=S)Nc1ccc(Cl)cc1)Nc1ccc(Cl)cc1. The predicted molar refractivity (Wildman–Crippen MR) is 111 cm³/mol. The van der Waals surface area contributed by atoms with Crippen molar-refractivity contribution in [3.63, 3.8) is 0 Å². The first-order valence-corrected chi connectivity index (χ1v) is 8.71. The molecule has 0 spiro atoms. The number of nitrogens with one attached hydrogen (secondary N) is 4. The van der Waals surface area contributed by atoms with Crippen molar-refractivity contribution in [1.29, 1.82) is 0 Å². The van der Waals surface area contributed by atoms with E-state index < -0.39 is 0 Å². The molecule has 0 heterocycles. The molecule has 0 bridgehead atoms. The summed E-state index contributed by atoms with van der Waals surface area (Å²) in [7, 11) is 0. The quantitative estimate of drug-likeness (QED) is 0.445. The highest BCUT2D eigenvalue weighted by Crippen LogP contribution is 2.13. The number of hydrogen-bond donors (Lipinski definition) is 4. The minimum Gasteiger partial charge on any atom is -0.361 e. The molecule has 0 radical (unpaired) electrons. The van der Waals surface area contributed by atoms with E-state index in [2.05, 4.69) is 21.3 Å². The average Bonchev–Trinajstić information content (AvgIpc) is 2.56. The van der Waals surface area contributed by atoms with E-state index in [1.807, 2.05) is 24.3 Å². The molecule has 0 aliphatic rings. The third-order valence-electron chi connectivity index (χ3n) is 2.90. The molecule has 2 rings (SSSR count). The van der Waals surface area contributed by atoms with Gasteiger partial charge in [-0.1, -0.05) is 23.2 Å². The molecule has 0 fully saturated rings.